The van der Waals surface area contributed by atoms with Crippen LogP contribution in [0.2, 0.25) is 0 Å². The number of pyridine rings is 1. The van der Waals surface area contributed by atoms with Gasteiger partial charge < -0.3 is 10.0 Å². The fraction of sp³-hybridized carbons (Fsp3) is 0.400. The number of anilines is 1. The average molecular weight is 242 g/mol. The molecule has 0 saturated carbocycles. The Kier molecular flexibility index (Phi) is 2.71. The summed E-state index contributed by atoms with van der Waals surface area (Å²) in [5, 5.41) is 11.4. The minimum absolute atomic E-state index is 0.581. The summed E-state index contributed by atoms with van der Waals surface area (Å²) in [5.74, 6) is 0. The molecular formula is C15H18N2O. The molecule has 1 aromatic carbocycles. The van der Waals surface area contributed by atoms with Gasteiger partial charge in [0, 0.05) is 30.4 Å². The monoisotopic (exact) mass is 242 g/mol. The predicted molar refractivity (Wildman–Crippen MR) is 73.8 cm³/mol. The average Bonchev–Trinajstić information content (AvgIpc) is 2.37. The first kappa shape index (κ1) is 11.5. The molecule has 1 saturated heterocycles. The van der Waals surface area contributed by atoms with Crippen molar-refractivity contribution in [3.63, 3.8) is 0 Å². The zero-order valence-electron chi connectivity index (χ0n) is 10.6. The van der Waals surface area contributed by atoms with Crippen LogP contribution in [0, 0.1) is 0 Å². The van der Waals surface area contributed by atoms with Crippen molar-refractivity contribution < 1.29 is 5.11 Å². The Morgan fingerprint density at radius 3 is 2.94 bits per heavy atom. The van der Waals surface area contributed by atoms with Crippen LogP contribution in [0.4, 0.5) is 5.69 Å². The van der Waals surface area contributed by atoms with E-state index in [1.54, 1.807) is 0 Å². The molecule has 18 heavy (non-hydrogen) atoms. The van der Waals surface area contributed by atoms with Gasteiger partial charge in [0.25, 0.3) is 0 Å². The van der Waals surface area contributed by atoms with Gasteiger partial charge in [0.05, 0.1) is 11.1 Å². The van der Waals surface area contributed by atoms with E-state index in [9.17, 15) is 5.11 Å². The van der Waals surface area contributed by atoms with E-state index >= 15 is 0 Å². The highest BCUT2D eigenvalue weighted by molar-refractivity contribution is 5.91. The lowest BCUT2D eigenvalue weighted by molar-refractivity contribution is 0.0450. The number of β-amino-alcohol motifs (C(OH)–C–C–N with tert-alkyl or cyclic N) is 1. The summed E-state index contributed by atoms with van der Waals surface area (Å²) in [6.07, 6.45) is 3.76. The van der Waals surface area contributed by atoms with E-state index in [1.165, 1.54) is 5.69 Å². The molecule has 0 bridgehead atoms. The van der Waals surface area contributed by atoms with Crippen molar-refractivity contribution in [2.75, 3.05) is 18.0 Å². The number of hydrogen-bond donors (Lipinski definition) is 1. The molecule has 0 amide bonds. The number of piperidine rings is 1. The molecule has 1 fully saturated rings. The molecule has 1 aliphatic heterocycles. The van der Waals surface area contributed by atoms with Crippen LogP contribution in [0.1, 0.15) is 19.8 Å². The largest absolute Gasteiger partial charge is 0.388 e. The molecule has 2 aromatic rings. The lowest BCUT2D eigenvalue weighted by Gasteiger charge is -2.38. The number of fused-ring (bicyclic) bond motifs is 1. The standard InChI is InChI=1S/C15H18N2O/c1-15(18)8-4-10-17(11-15)14-7-9-16-13-6-3-2-5-12(13)14/h2-3,5-7,9,18H,4,8,10-11H2,1H3. The minimum Gasteiger partial charge on any atom is -0.388 e. The Balaban J connectivity index is 2.04. The third-order valence-corrected chi connectivity index (χ3v) is 3.64. The van der Waals surface area contributed by atoms with E-state index in [0.717, 1.165) is 30.3 Å². The summed E-state index contributed by atoms with van der Waals surface area (Å²) in [7, 11) is 0. The maximum absolute atomic E-state index is 10.2. The highest BCUT2D eigenvalue weighted by atomic mass is 16.3. The molecule has 0 radical (unpaired) electrons. The van der Waals surface area contributed by atoms with Gasteiger partial charge in [-0.15, -0.1) is 0 Å². The second-order valence-electron chi connectivity index (χ2n) is 5.37. The number of rotatable bonds is 1. The Morgan fingerprint density at radius 2 is 2.11 bits per heavy atom. The number of aromatic nitrogens is 1. The third kappa shape index (κ3) is 2.06. The molecule has 1 atom stereocenters. The van der Waals surface area contributed by atoms with Crippen molar-refractivity contribution in [2.24, 2.45) is 0 Å². The van der Waals surface area contributed by atoms with Gasteiger partial charge in [0.2, 0.25) is 0 Å². The first-order valence-electron chi connectivity index (χ1n) is 6.47. The van der Waals surface area contributed by atoms with Gasteiger partial charge in [-0.3, -0.25) is 4.98 Å². The fourth-order valence-corrected chi connectivity index (χ4v) is 2.78. The van der Waals surface area contributed by atoms with Gasteiger partial charge >= 0.3 is 0 Å². The van der Waals surface area contributed by atoms with E-state index in [2.05, 4.69) is 16.0 Å². The second-order valence-corrected chi connectivity index (χ2v) is 5.37. The van der Waals surface area contributed by atoms with Crippen molar-refractivity contribution >= 4 is 16.6 Å². The highest BCUT2D eigenvalue weighted by Crippen LogP contribution is 2.30. The third-order valence-electron chi connectivity index (χ3n) is 3.64. The summed E-state index contributed by atoms with van der Waals surface area (Å²) in [4.78, 5) is 6.66. The lowest BCUT2D eigenvalue weighted by Crippen LogP contribution is -2.46. The molecule has 0 aliphatic carbocycles. The normalized spacial score (nSPS) is 24.4. The summed E-state index contributed by atoms with van der Waals surface area (Å²) >= 11 is 0. The molecule has 3 nitrogen and oxygen atoms in total. The van der Waals surface area contributed by atoms with E-state index in [-0.39, 0.29) is 0 Å². The lowest BCUT2D eigenvalue weighted by atomic mass is 9.94. The maximum Gasteiger partial charge on any atom is 0.0794 e. The smallest absolute Gasteiger partial charge is 0.0794 e. The van der Waals surface area contributed by atoms with Gasteiger partial charge in [-0.2, -0.15) is 0 Å². The van der Waals surface area contributed by atoms with Crippen LogP contribution in [0.3, 0.4) is 0 Å². The molecule has 0 spiro atoms. The zero-order valence-corrected chi connectivity index (χ0v) is 10.6. The van der Waals surface area contributed by atoms with Crippen molar-refractivity contribution in [1.29, 1.82) is 0 Å². The molecular weight excluding hydrogens is 224 g/mol. The summed E-state index contributed by atoms with van der Waals surface area (Å²) < 4.78 is 0. The van der Waals surface area contributed by atoms with Crippen LogP contribution in [-0.2, 0) is 0 Å². The Hall–Kier alpha value is -1.61. The summed E-state index contributed by atoms with van der Waals surface area (Å²) in [6.45, 7) is 3.62. The van der Waals surface area contributed by atoms with Crippen LogP contribution in [0.15, 0.2) is 36.5 Å². The van der Waals surface area contributed by atoms with E-state index in [0.29, 0.717) is 6.54 Å². The first-order valence-corrected chi connectivity index (χ1v) is 6.47. The minimum atomic E-state index is -0.581. The number of aliphatic hydroxyl groups is 1. The van der Waals surface area contributed by atoms with Crippen molar-refractivity contribution in [3.05, 3.63) is 36.5 Å². The molecule has 3 rings (SSSR count). The molecule has 2 heterocycles. The van der Waals surface area contributed by atoms with Crippen LogP contribution in [-0.4, -0.2) is 28.8 Å². The predicted octanol–water partition coefficient (Wildman–Crippen LogP) is 2.59. The van der Waals surface area contributed by atoms with Gasteiger partial charge in [-0.25, -0.2) is 0 Å². The number of hydrogen-bond acceptors (Lipinski definition) is 3. The SMILES string of the molecule is CC1(O)CCCN(c2ccnc3ccccc23)C1. The molecule has 1 unspecified atom stereocenters. The zero-order chi connectivity index (χ0) is 12.6. The highest BCUT2D eigenvalue weighted by Gasteiger charge is 2.29. The van der Waals surface area contributed by atoms with Crippen LogP contribution >= 0.6 is 0 Å². The maximum atomic E-state index is 10.2. The summed E-state index contributed by atoms with van der Waals surface area (Å²) in [6, 6.07) is 10.2. The van der Waals surface area contributed by atoms with Crippen molar-refractivity contribution in [3.8, 4) is 0 Å². The van der Waals surface area contributed by atoms with Crippen LogP contribution in [0.25, 0.3) is 10.9 Å². The molecule has 1 aliphatic rings. The molecule has 1 N–H and O–H groups in total. The van der Waals surface area contributed by atoms with Crippen LogP contribution in [0.5, 0.6) is 0 Å². The quantitative estimate of drug-likeness (QED) is 0.835. The van der Waals surface area contributed by atoms with Crippen LogP contribution < -0.4 is 4.90 Å². The fourth-order valence-electron chi connectivity index (χ4n) is 2.78. The van der Waals surface area contributed by atoms with Crippen molar-refractivity contribution in [2.45, 2.75) is 25.4 Å². The van der Waals surface area contributed by atoms with Gasteiger partial charge in [-0.1, -0.05) is 18.2 Å². The Labute approximate surface area is 107 Å². The van der Waals surface area contributed by atoms with Gasteiger partial charge in [0.15, 0.2) is 0 Å². The Morgan fingerprint density at radius 1 is 1.28 bits per heavy atom. The van der Waals surface area contributed by atoms with Gasteiger partial charge in [-0.05, 0) is 31.9 Å². The number of para-hydroxylation sites is 1. The molecule has 3 heteroatoms. The first-order chi connectivity index (χ1) is 8.66. The number of nitrogens with zero attached hydrogens (tertiary/aromatic N) is 2. The van der Waals surface area contributed by atoms with E-state index < -0.39 is 5.60 Å². The summed E-state index contributed by atoms with van der Waals surface area (Å²) in [5.41, 5.74) is 1.61. The van der Waals surface area contributed by atoms with Crippen molar-refractivity contribution in [1.82, 2.24) is 4.98 Å². The molecule has 94 valence electrons. The van der Waals surface area contributed by atoms with Gasteiger partial charge in [0.1, 0.15) is 0 Å². The molecule has 1 aromatic heterocycles. The topological polar surface area (TPSA) is 36.4 Å². The van der Waals surface area contributed by atoms with E-state index in [4.69, 9.17) is 0 Å². The second kappa shape index (κ2) is 4.25. The Bertz CT molecular complexity index is 560. The number of benzene rings is 1. The van der Waals surface area contributed by atoms with E-state index in [1.807, 2.05) is 37.4 Å².